The zero-order valence-electron chi connectivity index (χ0n) is 22.4. The molecule has 4 nitrogen and oxygen atoms in total. The Bertz CT molecular complexity index is 2110. The molecule has 7 aromatic rings. The molecule has 0 fully saturated rings. The number of nitrogens with zero attached hydrogens (tertiary/aromatic N) is 4. The van der Waals surface area contributed by atoms with Crippen LogP contribution in [0.5, 0.6) is 0 Å². The number of para-hydroxylation sites is 4. The van der Waals surface area contributed by atoms with Crippen LogP contribution in [-0.4, -0.2) is 16.3 Å². The lowest BCUT2D eigenvalue weighted by Crippen LogP contribution is -2.22. The molecule has 3 heterocycles. The van der Waals surface area contributed by atoms with Gasteiger partial charge in [0.15, 0.2) is 0 Å². The largest absolute Gasteiger partial charge is 0.335 e. The lowest BCUT2D eigenvalue weighted by Gasteiger charge is -2.34. The molecule has 0 amide bonds. The van der Waals surface area contributed by atoms with Gasteiger partial charge in [-0.2, -0.15) is 0 Å². The van der Waals surface area contributed by atoms with Crippen LogP contribution in [0.2, 0.25) is 0 Å². The molecule has 4 heteroatoms. The Kier molecular flexibility index (Phi) is 5.32. The lowest BCUT2D eigenvalue weighted by atomic mass is 9.91. The summed E-state index contributed by atoms with van der Waals surface area (Å²) in [6.45, 7) is 4.59. The van der Waals surface area contributed by atoms with Gasteiger partial charge in [-0.25, -0.2) is 0 Å². The van der Waals surface area contributed by atoms with Crippen molar-refractivity contribution in [2.24, 2.45) is 4.99 Å². The summed E-state index contributed by atoms with van der Waals surface area (Å²) in [6.07, 6.45) is 3.70. The first kappa shape index (κ1) is 23.4. The van der Waals surface area contributed by atoms with Crippen molar-refractivity contribution in [2.45, 2.75) is 6.54 Å². The summed E-state index contributed by atoms with van der Waals surface area (Å²) in [5.41, 5.74) is 12.8. The summed E-state index contributed by atoms with van der Waals surface area (Å²) < 4.78 is 2.44. The quantitative estimate of drug-likeness (QED) is 0.214. The number of anilines is 2. The first-order valence-electron chi connectivity index (χ1n) is 13.8. The molecular weight excluding hydrogens is 500 g/mol. The molecule has 0 saturated heterocycles. The van der Waals surface area contributed by atoms with Gasteiger partial charge in [0.05, 0.1) is 29.0 Å². The van der Waals surface area contributed by atoms with E-state index in [1.807, 2.05) is 24.5 Å². The number of fused-ring (bicyclic) bond motifs is 7. The molecule has 1 aliphatic rings. The second kappa shape index (κ2) is 9.32. The summed E-state index contributed by atoms with van der Waals surface area (Å²) in [5.74, 6) is 0. The Labute approximate surface area is 238 Å². The van der Waals surface area contributed by atoms with Gasteiger partial charge in [-0.1, -0.05) is 72.8 Å². The lowest BCUT2D eigenvalue weighted by molar-refractivity contribution is 0.961. The van der Waals surface area contributed by atoms with Crippen LogP contribution in [0.15, 0.2) is 139 Å². The van der Waals surface area contributed by atoms with E-state index < -0.39 is 0 Å². The Morgan fingerprint density at radius 3 is 2.29 bits per heavy atom. The van der Waals surface area contributed by atoms with Gasteiger partial charge in [-0.3, -0.25) is 9.98 Å². The van der Waals surface area contributed by atoms with E-state index in [0.717, 1.165) is 29.2 Å². The van der Waals surface area contributed by atoms with Crippen molar-refractivity contribution in [2.75, 3.05) is 4.90 Å². The number of benzene rings is 5. The minimum absolute atomic E-state index is 0.719. The number of pyridine rings is 1. The van der Waals surface area contributed by atoms with Gasteiger partial charge >= 0.3 is 0 Å². The van der Waals surface area contributed by atoms with Crippen molar-refractivity contribution >= 4 is 45.6 Å². The number of aromatic nitrogens is 2. The molecule has 0 unspecified atom stereocenters. The third kappa shape index (κ3) is 3.61. The summed E-state index contributed by atoms with van der Waals surface area (Å²) in [6, 6.07) is 43.2. The number of hydrogen-bond donors (Lipinski definition) is 0. The second-order valence-electron chi connectivity index (χ2n) is 10.4. The summed E-state index contributed by atoms with van der Waals surface area (Å²) in [5, 5.41) is 2.50. The average Bonchev–Trinajstić information content (AvgIpc) is 3.40. The normalized spacial score (nSPS) is 12.3. The summed E-state index contributed by atoms with van der Waals surface area (Å²) >= 11 is 0. The van der Waals surface area contributed by atoms with Crippen molar-refractivity contribution in [3.05, 3.63) is 139 Å². The van der Waals surface area contributed by atoms with Crippen LogP contribution in [0, 0.1) is 0 Å². The van der Waals surface area contributed by atoms with Crippen molar-refractivity contribution in [1.29, 1.82) is 0 Å². The van der Waals surface area contributed by atoms with Crippen molar-refractivity contribution in [1.82, 2.24) is 9.55 Å². The monoisotopic (exact) mass is 526 g/mol. The maximum absolute atomic E-state index is 4.37. The van der Waals surface area contributed by atoms with E-state index in [0.29, 0.717) is 0 Å². The average molecular weight is 527 g/mol. The Balaban J connectivity index is 1.44. The van der Waals surface area contributed by atoms with Crippen LogP contribution in [0.1, 0.15) is 5.56 Å². The molecular formula is C37H26N4. The highest BCUT2D eigenvalue weighted by Crippen LogP contribution is 2.48. The van der Waals surface area contributed by atoms with E-state index >= 15 is 0 Å². The fourth-order valence-electron chi connectivity index (χ4n) is 6.40. The van der Waals surface area contributed by atoms with Crippen LogP contribution >= 0.6 is 0 Å². The van der Waals surface area contributed by atoms with Crippen LogP contribution in [0.25, 0.3) is 49.7 Å². The molecule has 5 aromatic carbocycles. The van der Waals surface area contributed by atoms with E-state index in [1.165, 1.54) is 49.7 Å². The van der Waals surface area contributed by atoms with E-state index in [-0.39, 0.29) is 0 Å². The third-order valence-corrected chi connectivity index (χ3v) is 8.20. The molecule has 0 N–H and O–H groups in total. The van der Waals surface area contributed by atoms with Crippen LogP contribution in [0.4, 0.5) is 17.1 Å². The SMILES string of the molecule is C=Nc1ccccc1N1Cc2c(ccc3c4ccccc4n(-c4cccc(-c5ccncc5)c4)c23)-c2ccccc21. The molecule has 0 bridgehead atoms. The Morgan fingerprint density at radius 2 is 1.41 bits per heavy atom. The maximum atomic E-state index is 4.37. The van der Waals surface area contributed by atoms with Gasteiger partial charge in [0, 0.05) is 45.7 Å². The van der Waals surface area contributed by atoms with Gasteiger partial charge in [-0.05, 0) is 71.9 Å². The molecule has 8 rings (SSSR count). The highest BCUT2D eigenvalue weighted by molar-refractivity contribution is 6.12. The zero-order chi connectivity index (χ0) is 27.3. The van der Waals surface area contributed by atoms with Gasteiger partial charge in [0.1, 0.15) is 0 Å². The molecule has 0 radical (unpaired) electrons. The van der Waals surface area contributed by atoms with Gasteiger partial charge in [0.2, 0.25) is 0 Å². The Hall–Kier alpha value is -5.48. The highest BCUT2D eigenvalue weighted by atomic mass is 15.2. The van der Waals surface area contributed by atoms with E-state index in [2.05, 4.69) is 135 Å². The smallest absolute Gasteiger partial charge is 0.0859 e. The first-order valence-corrected chi connectivity index (χ1v) is 13.8. The molecule has 194 valence electrons. The van der Waals surface area contributed by atoms with Gasteiger partial charge < -0.3 is 9.47 Å². The third-order valence-electron chi connectivity index (χ3n) is 8.20. The minimum Gasteiger partial charge on any atom is -0.335 e. The van der Waals surface area contributed by atoms with Crippen molar-refractivity contribution < 1.29 is 0 Å². The number of hydrogen-bond acceptors (Lipinski definition) is 3. The fourth-order valence-corrected chi connectivity index (χ4v) is 6.40. The molecule has 2 aromatic heterocycles. The van der Waals surface area contributed by atoms with Crippen LogP contribution < -0.4 is 4.90 Å². The first-order chi connectivity index (χ1) is 20.3. The molecule has 0 spiro atoms. The fraction of sp³-hybridized carbons (Fsp3) is 0.0270. The molecule has 0 saturated carbocycles. The van der Waals surface area contributed by atoms with Crippen molar-refractivity contribution in [3.63, 3.8) is 0 Å². The maximum Gasteiger partial charge on any atom is 0.0859 e. The topological polar surface area (TPSA) is 33.4 Å². The Morgan fingerprint density at radius 1 is 0.634 bits per heavy atom. The van der Waals surface area contributed by atoms with Crippen LogP contribution in [0.3, 0.4) is 0 Å². The minimum atomic E-state index is 0.719. The second-order valence-corrected chi connectivity index (χ2v) is 10.4. The molecule has 41 heavy (non-hydrogen) atoms. The van der Waals surface area contributed by atoms with E-state index in [4.69, 9.17) is 0 Å². The zero-order valence-corrected chi connectivity index (χ0v) is 22.4. The van der Waals surface area contributed by atoms with E-state index in [1.54, 1.807) is 0 Å². The highest BCUT2D eigenvalue weighted by Gasteiger charge is 2.28. The summed E-state index contributed by atoms with van der Waals surface area (Å²) in [4.78, 5) is 11.0. The predicted octanol–water partition coefficient (Wildman–Crippen LogP) is 9.50. The van der Waals surface area contributed by atoms with Gasteiger partial charge in [0.25, 0.3) is 0 Å². The molecule has 0 atom stereocenters. The van der Waals surface area contributed by atoms with Crippen molar-refractivity contribution in [3.8, 4) is 27.9 Å². The molecule has 0 aliphatic carbocycles. The number of aliphatic imine (C=N–C) groups is 1. The standard InChI is InChI=1S/C37H26N4/c1-38-33-13-4-7-16-36(33)40-24-32-28(29-11-2-5-14-34(29)40)17-18-31-30-12-3-6-15-35(30)41(37(31)32)27-10-8-9-26(23-27)25-19-21-39-22-20-25/h2-23H,1,24H2. The predicted molar refractivity (Wildman–Crippen MR) is 171 cm³/mol. The van der Waals surface area contributed by atoms with E-state index in [9.17, 15) is 0 Å². The van der Waals surface area contributed by atoms with Crippen LogP contribution in [-0.2, 0) is 6.54 Å². The summed E-state index contributed by atoms with van der Waals surface area (Å²) in [7, 11) is 0. The van der Waals surface area contributed by atoms with Gasteiger partial charge in [-0.15, -0.1) is 0 Å². The number of rotatable bonds is 4. The molecule has 1 aliphatic heterocycles.